The molecule has 15 heavy (non-hydrogen) atoms. The first-order chi connectivity index (χ1) is 7.30. The molecule has 1 fully saturated rings. The Bertz CT molecular complexity index is 237. The maximum atomic E-state index is 8.80. The standard InChI is InChI=1S/C9H18N3O3/c13-4-1-10-7-11(2-5-14)9-12(8-10)3-6-15/h1-3,13-15H,4-9H2/q+3. The third-order valence-electron chi connectivity index (χ3n) is 2.11. The molecule has 0 amide bonds. The summed E-state index contributed by atoms with van der Waals surface area (Å²) in [5, 5.41) is 26.4. The van der Waals surface area contributed by atoms with Crippen LogP contribution in [0.5, 0.6) is 0 Å². The largest absolute Gasteiger partial charge is 0.386 e. The van der Waals surface area contributed by atoms with Gasteiger partial charge in [0, 0.05) is 0 Å². The molecule has 0 aromatic heterocycles. The lowest BCUT2D eigenvalue weighted by Crippen LogP contribution is -2.44. The molecule has 6 heteroatoms. The van der Waals surface area contributed by atoms with E-state index in [1.807, 2.05) is 13.7 Å². The average molecular weight is 216 g/mol. The van der Waals surface area contributed by atoms with Gasteiger partial charge in [0.05, 0.1) is 0 Å². The van der Waals surface area contributed by atoms with E-state index in [1.54, 1.807) is 18.6 Å². The topological polar surface area (TPSA) is 69.7 Å². The lowest BCUT2D eigenvalue weighted by atomic mass is 10.5. The van der Waals surface area contributed by atoms with Crippen molar-refractivity contribution in [2.75, 3.05) is 39.8 Å². The van der Waals surface area contributed by atoms with E-state index >= 15 is 0 Å². The Kier molecular flexibility index (Phi) is 5.09. The number of hydrogen-bond acceptors (Lipinski definition) is 3. The van der Waals surface area contributed by atoms with Gasteiger partial charge in [0.15, 0.2) is 18.6 Å². The number of aliphatic hydroxyl groups excluding tert-OH is 3. The summed E-state index contributed by atoms with van der Waals surface area (Å²) >= 11 is 0. The number of nitrogens with zero attached hydrogens (tertiary/aromatic N) is 3. The van der Waals surface area contributed by atoms with Crippen molar-refractivity contribution in [1.82, 2.24) is 0 Å². The second-order valence-electron chi connectivity index (χ2n) is 3.29. The zero-order chi connectivity index (χ0) is 11.1. The summed E-state index contributed by atoms with van der Waals surface area (Å²) in [4.78, 5) is 0. The van der Waals surface area contributed by atoms with Gasteiger partial charge in [-0.2, -0.15) is 0 Å². The van der Waals surface area contributed by atoms with Crippen LogP contribution in [0.25, 0.3) is 0 Å². The highest BCUT2D eigenvalue weighted by Gasteiger charge is 2.28. The molecule has 6 nitrogen and oxygen atoms in total. The Morgan fingerprint density at radius 1 is 0.667 bits per heavy atom. The SMILES string of the molecule is OCC=[N+]1C[N+](=CCO)C[N+](=CCO)C1. The monoisotopic (exact) mass is 216 g/mol. The Labute approximate surface area is 88.4 Å². The van der Waals surface area contributed by atoms with Gasteiger partial charge in [-0.1, -0.05) is 0 Å². The molecule has 0 unspecified atom stereocenters. The summed E-state index contributed by atoms with van der Waals surface area (Å²) in [5.41, 5.74) is 0. The van der Waals surface area contributed by atoms with Crippen LogP contribution in [0.4, 0.5) is 0 Å². The van der Waals surface area contributed by atoms with Gasteiger partial charge in [-0.05, 0) is 0 Å². The van der Waals surface area contributed by atoms with Crippen molar-refractivity contribution in [3.63, 3.8) is 0 Å². The molecule has 1 rings (SSSR count). The quantitative estimate of drug-likeness (QED) is 0.443. The molecule has 0 atom stereocenters. The number of rotatable bonds is 3. The van der Waals surface area contributed by atoms with Crippen LogP contribution in [0.15, 0.2) is 0 Å². The highest BCUT2D eigenvalue weighted by Crippen LogP contribution is 1.90. The van der Waals surface area contributed by atoms with Gasteiger partial charge < -0.3 is 15.3 Å². The van der Waals surface area contributed by atoms with Gasteiger partial charge in [0.2, 0.25) is 0 Å². The zero-order valence-corrected chi connectivity index (χ0v) is 8.66. The lowest BCUT2D eigenvalue weighted by Gasteiger charge is -2.08. The van der Waals surface area contributed by atoms with E-state index in [0.29, 0.717) is 20.0 Å². The van der Waals surface area contributed by atoms with E-state index in [9.17, 15) is 0 Å². The molecule has 1 saturated heterocycles. The Balaban J connectivity index is 2.77. The van der Waals surface area contributed by atoms with Crippen LogP contribution >= 0.6 is 0 Å². The summed E-state index contributed by atoms with van der Waals surface area (Å²) < 4.78 is 5.71. The first-order valence-corrected chi connectivity index (χ1v) is 4.85. The molecule has 3 N–H and O–H groups in total. The molecule has 0 spiro atoms. The van der Waals surface area contributed by atoms with E-state index < -0.39 is 0 Å². The minimum Gasteiger partial charge on any atom is -0.386 e. The predicted molar refractivity (Wildman–Crippen MR) is 54.8 cm³/mol. The molecule has 0 radical (unpaired) electrons. The maximum Gasteiger partial charge on any atom is 0.343 e. The van der Waals surface area contributed by atoms with Crippen molar-refractivity contribution in [2.45, 2.75) is 0 Å². The van der Waals surface area contributed by atoms with E-state index in [-0.39, 0.29) is 19.8 Å². The molecular formula is C9H18N3O3+3. The molecular weight excluding hydrogens is 198 g/mol. The zero-order valence-electron chi connectivity index (χ0n) is 8.66. The van der Waals surface area contributed by atoms with Crippen molar-refractivity contribution in [1.29, 1.82) is 0 Å². The smallest absolute Gasteiger partial charge is 0.343 e. The van der Waals surface area contributed by atoms with Gasteiger partial charge in [-0.3, -0.25) is 0 Å². The molecule has 0 aromatic rings. The maximum absolute atomic E-state index is 8.80. The van der Waals surface area contributed by atoms with E-state index in [4.69, 9.17) is 15.3 Å². The highest BCUT2D eigenvalue weighted by molar-refractivity contribution is 5.53. The van der Waals surface area contributed by atoms with Crippen LogP contribution in [0.2, 0.25) is 0 Å². The first kappa shape index (κ1) is 12.0. The highest BCUT2D eigenvalue weighted by atomic mass is 16.3. The first-order valence-electron chi connectivity index (χ1n) is 4.85. The van der Waals surface area contributed by atoms with Crippen LogP contribution in [-0.2, 0) is 0 Å². The van der Waals surface area contributed by atoms with Crippen LogP contribution in [0.3, 0.4) is 0 Å². The van der Waals surface area contributed by atoms with E-state index in [1.165, 1.54) is 0 Å². The fourth-order valence-electron chi connectivity index (χ4n) is 1.53. The lowest BCUT2D eigenvalue weighted by molar-refractivity contribution is -0.917. The predicted octanol–water partition coefficient (Wildman–Crippen LogP) is -2.90. The van der Waals surface area contributed by atoms with Crippen LogP contribution in [-0.4, -0.2) is 87.5 Å². The van der Waals surface area contributed by atoms with Gasteiger partial charge in [-0.25, -0.2) is 0 Å². The molecule has 1 aliphatic rings. The van der Waals surface area contributed by atoms with Crippen molar-refractivity contribution >= 4 is 18.6 Å². The number of hydrogen-bond donors (Lipinski definition) is 3. The third-order valence-corrected chi connectivity index (χ3v) is 2.11. The van der Waals surface area contributed by atoms with Crippen LogP contribution < -0.4 is 0 Å². The summed E-state index contributed by atoms with van der Waals surface area (Å²) in [6.07, 6.45) is 5.03. The van der Waals surface area contributed by atoms with Crippen molar-refractivity contribution in [2.24, 2.45) is 0 Å². The number of aliphatic hydroxyl groups is 3. The van der Waals surface area contributed by atoms with E-state index in [2.05, 4.69) is 0 Å². The van der Waals surface area contributed by atoms with Gasteiger partial charge >= 0.3 is 20.0 Å². The van der Waals surface area contributed by atoms with Gasteiger partial charge in [0.25, 0.3) is 0 Å². The molecule has 1 heterocycles. The fraction of sp³-hybridized carbons (Fsp3) is 0.667. The molecule has 1 aliphatic heterocycles. The van der Waals surface area contributed by atoms with Crippen LogP contribution in [0, 0.1) is 0 Å². The average Bonchev–Trinajstić information content (AvgIpc) is 2.19. The van der Waals surface area contributed by atoms with Crippen molar-refractivity contribution < 1.29 is 29.0 Å². The van der Waals surface area contributed by atoms with Crippen LogP contribution in [0.1, 0.15) is 0 Å². The fourth-order valence-corrected chi connectivity index (χ4v) is 1.53. The summed E-state index contributed by atoms with van der Waals surface area (Å²) in [7, 11) is 0. The van der Waals surface area contributed by atoms with Gasteiger partial charge in [0.1, 0.15) is 19.8 Å². The third kappa shape index (κ3) is 3.86. The molecule has 0 saturated carbocycles. The minimum atomic E-state index is -0.0140. The normalized spacial score (nSPS) is 16.6. The van der Waals surface area contributed by atoms with Gasteiger partial charge in [-0.15, -0.1) is 13.7 Å². The molecule has 0 aromatic carbocycles. The summed E-state index contributed by atoms with van der Waals surface area (Å²) in [6.45, 7) is 1.87. The Morgan fingerprint density at radius 3 is 1.13 bits per heavy atom. The molecule has 0 bridgehead atoms. The molecule has 84 valence electrons. The second-order valence-corrected chi connectivity index (χ2v) is 3.29. The van der Waals surface area contributed by atoms with Crippen molar-refractivity contribution in [3.8, 4) is 0 Å². The molecule has 0 aliphatic carbocycles. The second kappa shape index (κ2) is 6.39. The summed E-state index contributed by atoms with van der Waals surface area (Å²) in [6, 6.07) is 0. The minimum absolute atomic E-state index is 0.0140. The summed E-state index contributed by atoms with van der Waals surface area (Å²) in [5.74, 6) is 0. The van der Waals surface area contributed by atoms with Crippen molar-refractivity contribution in [3.05, 3.63) is 0 Å². The Hall–Kier alpha value is -1.11. The Morgan fingerprint density at radius 2 is 0.933 bits per heavy atom. The van der Waals surface area contributed by atoms with E-state index in [0.717, 1.165) is 0 Å².